The van der Waals surface area contributed by atoms with Crippen LogP contribution in [0.3, 0.4) is 0 Å². The topological polar surface area (TPSA) is 17.1 Å². The Labute approximate surface area is 114 Å². The second-order valence-corrected chi connectivity index (χ2v) is 5.07. The quantitative estimate of drug-likeness (QED) is 0.753. The Morgan fingerprint density at radius 3 is 2.53 bits per heavy atom. The van der Waals surface area contributed by atoms with Gasteiger partial charge in [-0.1, -0.05) is 36.9 Å². The summed E-state index contributed by atoms with van der Waals surface area (Å²) in [5, 5.41) is 0. The third-order valence-electron chi connectivity index (χ3n) is 2.63. The van der Waals surface area contributed by atoms with Crippen molar-refractivity contribution in [3.8, 4) is 0 Å². The SMILES string of the molecule is CCC(=O)c1ccccc1Sc1ccc(F)c(F)c1. The van der Waals surface area contributed by atoms with Crippen molar-refractivity contribution in [2.45, 2.75) is 23.1 Å². The summed E-state index contributed by atoms with van der Waals surface area (Å²) in [6, 6.07) is 10.9. The third kappa shape index (κ3) is 3.20. The van der Waals surface area contributed by atoms with Gasteiger partial charge in [-0.25, -0.2) is 8.78 Å². The van der Waals surface area contributed by atoms with E-state index in [0.717, 1.165) is 17.0 Å². The van der Waals surface area contributed by atoms with Gasteiger partial charge in [0.1, 0.15) is 0 Å². The van der Waals surface area contributed by atoms with E-state index in [-0.39, 0.29) is 5.78 Å². The molecule has 0 fully saturated rings. The Bertz CT molecular complexity index is 611. The summed E-state index contributed by atoms with van der Waals surface area (Å²) in [6.45, 7) is 1.79. The molecule has 0 saturated carbocycles. The molecule has 0 aliphatic carbocycles. The second-order valence-electron chi connectivity index (χ2n) is 3.95. The molecule has 0 radical (unpaired) electrons. The van der Waals surface area contributed by atoms with Gasteiger partial charge in [-0.15, -0.1) is 0 Å². The van der Waals surface area contributed by atoms with E-state index >= 15 is 0 Å². The van der Waals surface area contributed by atoms with Crippen LogP contribution in [0.15, 0.2) is 52.3 Å². The Morgan fingerprint density at radius 1 is 1.11 bits per heavy atom. The zero-order valence-corrected chi connectivity index (χ0v) is 11.1. The van der Waals surface area contributed by atoms with E-state index in [2.05, 4.69) is 0 Å². The average molecular weight is 278 g/mol. The Hall–Kier alpha value is -1.68. The van der Waals surface area contributed by atoms with Gasteiger partial charge in [0.15, 0.2) is 17.4 Å². The first-order valence-electron chi connectivity index (χ1n) is 5.87. The minimum Gasteiger partial charge on any atom is -0.294 e. The van der Waals surface area contributed by atoms with Crippen LogP contribution in [-0.4, -0.2) is 5.78 Å². The normalized spacial score (nSPS) is 10.5. The highest BCUT2D eigenvalue weighted by Gasteiger charge is 2.11. The molecule has 0 amide bonds. The summed E-state index contributed by atoms with van der Waals surface area (Å²) in [5.74, 6) is -1.72. The molecule has 0 aromatic heterocycles. The van der Waals surface area contributed by atoms with Gasteiger partial charge in [-0.05, 0) is 24.3 Å². The van der Waals surface area contributed by atoms with Crippen LogP contribution in [0.4, 0.5) is 8.78 Å². The molecule has 0 N–H and O–H groups in total. The molecule has 2 rings (SSSR count). The molecule has 0 spiro atoms. The van der Waals surface area contributed by atoms with Crippen LogP contribution in [0, 0.1) is 11.6 Å². The molecule has 2 aromatic rings. The maximum absolute atomic E-state index is 13.2. The molecule has 2 aromatic carbocycles. The summed E-state index contributed by atoms with van der Waals surface area (Å²) in [6.07, 6.45) is 0.412. The average Bonchev–Trinajstić information content (AvgIpc) is 2.43. The zero-order chi connectivity index (χ0) is 13.8. The van der Waals surface area contributed by atoms with E-state index in [4.69, 9.17) is 0 Å². The fourth-order valence-electron chi connectivity index (χ4n) is 1.64. The van der Waals surface area contributed by atoms with Crippen LogP contribution >= 0.6 is 11.8 Å². The Morgan fingerprint density at radius 2 is 1.84 bits per heavy atom. The van der Waals surface area contributed by atoms with Gasteiger partial charge < -0.3 is 0 Å². The number of ketones is 1. The van der Waals surface area contributed by atoms with E-state index in [1.54, 1.807) is 25.1 Å². The number of benzene rings is 2. The second kappa shape index (κ2) is 5.97. The number of halogens is 2. The summed E-state index contributed by atoms with van der Waals surface area (Å²) in [5.41, 5.74) is 0.611. The fraction of sp³-hybridized carbons (Fsp3) is 0.133. The predicted molar refractivity (Wildman–Crippen MR) is 71.5 cm³/mol. The largest absolute Gasteiger partial charge is 0.294 e. The highest BCUT2D eigenvalue weighted by Crippen LogP contribution is 2.31. The lowest BCUT2D eigenvalue weighted by atomic mass is 10.1. The van der Waals surface area contributed by atoms with Crippen LogP contribution in [0.5, 0.6) is 0 Å². The lowest BCUT2D eigenvalue weighted by Gasteiger charge is -2.07. The molecule has 0 bridgehead atoms. The minimum absolute atomic E-state index is 0.0330. The molecule has 19 heavy (non-hydrogen) atoms. The number of hydrogen-bond acceptors (Lipinski definition) is 2. The van der Waals surface area contributed by atoms with Crippen molar-refractivity contribution in [2.75, 3.05) is 0 Å². The monoisotopic (exact) mass is 278 g/mol. The van der Waals surface area contributed by atoms with Gasteiger partial charge in [0.2, 0.25) is 0 Å². The van der Waals surface area contributed by atoms with Crippen molar-refractivity contribution in [1.82, 2.24) is 0 Å². The molecular formula is C15H12F2OS. The molecule has 0 aliphatic heterocycles. The summed E-state index contributed by atoms with van der Waals surface area (Å²) in [4.78, 5) is 13.1. The number of rotatable bonds is 4. The van der Waals surface area contributed by atoms with E-state index < -0.39 is 11.6 Å². The lowest BCUT2D eigenvalue weighted by Crippen LogP contribution is -1.98. The van der Waals surface area contributed by atoms with E-state index in [0.29, 0.717) is 16.9 Å². The molecule has 4 heteroatoms. The summed E-state index contributed by atoms with van der Waals surface area (Å²) < 4.78 is 26.0. The fourth-order valence-corrected chi connectivity index (χ4v) is 2.63. The molecular weight excluding hydrogens is 266 g/mol. The molecule has 98 valence electrons. The van der Waals surface area contributed by atoms with Crippen molar-refractivity contribution >= 4 is 17.5 Å². The number of carbonyl (C=O) groups excluding carboxylic acids is 1. The first-order valence-corrected chi connectivity index (χ1v) is 6.68. The number of carbonyl (C=O) groups is 1. The molecule has 0 unspecified atom stereocenters. The molecule has 1 nitrogen and oxygen atoms in total. The maximum atomic E-state index is 13.2. The van der Waals surface area contributed by atoms with Crippen molar-refractivity contribution in [2.24, 2.45) is 0 Å². The standard InChI is InChI=1S/C15H12F2OS/c1-2-14(18)11-5-3-4-6-15(11)19-10-7-8-12(16)13(17)9-10/h3-9H,2H2,1H3. The van der Waals surface area contributed by atoms with Gasteiger partial charge in [0.05, 0.1) is 0 Å². The van der Waals surface area contributed by atoms with Gasteiger partial charge in [-0.3, -0.25) is 4.79 Å². The van der Waals surface area contributed by atoms with Gasteiger partial charge in [-0.2, -0.15) is 0 Å². The highest BCUT2D eigenvalue weighted by atomic mass is 32.2. The van der Waals surface area contributed by atoms with Gasteiger partial charge >= 0.3 is 0 Å². The zero-order valence-electron chi connectivity index (χ0n) is 10.3. The molecule has 0 heterocycles. The molecule has 0 saturated heterocycles. The number of Topliss-reactive ketones (excluding diaryl/α,β-unsaturated/α-hetero) is 1. The molecule has 0 aliphatic rings. The van der Waals surface area contributed by atoms with Crippen LogP contribution in [0.2, 0.25) is 0 Å². The van der Waals surface area contributed by atoms with Crippen LogP contribution in [0.1, 0.15) is 23.7 Å². The Balaban J connectivity index is 2.32. The van der Waals surface area contributed by atoms with Crippen molar-refractivity contribution in [3.63, 3.8) is 0 Å². The third-order valence-corrected chi connectivity index (χ3v) is 3.69. The smallest absolute Gasteiger partial charge is 0.163 e. The number of hydrogen-bond donors (Lipinski definition) is 0. The lowest BCUT2D eigenvalue weighted by molar-refractivity contribution is 0.0985. The van der Waals surface area contributed by atoms with Crippen molar-refractivity contribution in [1.29, 1.82) is 0 Å². The van der Waals surface area contributed by atoms with Crippen LogP contribution in [0.25, 0.3) is 0 Å². The van der Waals surface area contributed by atoms with Crippen molar-refractivity contribution < 1.29 is 13.6 Å². The highest BCUT2D eigenvalue weighted by molar-refractivity contribution is 7.99. The van der Waals surface area contributed by atoms with Crippen molar-refractivity contribution in [3.05, 3.63) is 59.7 Å². The van der Waals surface area contributed by atoms with Gasteiger partial charge in [0, 0.05) is 21.8 Å². The van der Waals surface area contributed by atoms with Crippen LogP contribution < -0.4 is 0 Å². The minimum atomic E-state index is -0.885. The Kier molecular flexibility index (Phi) is 4.32. The predicted octanol–water partition coefficient (Wildman–Crippen LogP) is 4.71. The van der Waals surface area contributed by atoms with Crippen LogP contribution in [-0.2, 0) is 0 Å². The van der Waals surface area contributed by atoms with E-state index in [1.807, 2.05) is 6.07 Å². The first-order chi connectivity index (χ1) is 9.11. The van der Waals surface area contributed by atoms with E-state index in [9.17, 15) is 13.6 Å². The summed E-state index contributed by atoms with van der Waals surface area (Å²) in [7, 11) is 0. The first kappa shape index (κ1) is 13.7. The maximum Gasteiger partial charge on any atom is 0.163 e. The van der Waals surface area contributed by atoms with Gasteiger partial charge in [0.25, 0.3) is 0 Å². The summed E-state index contributed by atoms with van der Waals surface area (Å²) >= 11 is 1.25. The molecule has 0 atom stereocenters. The van der Waals surface area contributed by atoms with E-state index in [1.165, 1.54) is 17.8 Å².